The van der Waals surface area contributed by atoms with Crippen molar-refractivity contribution in [2.24, 2.45) is 0 Å². The first-order chi connectivity index (χ1) is 45.6. The fourth-order valence-electron chi connectivity index (χ4n) is 13.6. The number of ether oxygens (including phenoxy) is 4. The lowest BCUT2D eigenvalue weighted by Gasteiger charge is -2.46. The van der Waals surface area contributed by atoms with Crippen LogP contribution < -0.4 is 5.32 Å². The second kappa shape index (κ2) is 63.9. The molecule has 1 amide bonds. The second-order valence-electron chi connectivity index (χ2n) is 28.5. The number of nitrogens with one attached hydrogen (secondary N) is 1. The minimum atomic E-state index is -1.79. The molecule has 2 fully saturated rings. The maximum atomic E-state index is 13.4. The van der Waals surface area contributed by atoms with Gasteiger partial charge in [0.2, 0.25) is 5.91 Å². The van der Waals surface area contributed by atoms with E-state index in [1.807, 2.05) is 6.08 Å². The van der Waals surface area contributed by atoms with Gasteiger partial charge in [0.25, 0.3) is 0 Å². The van der Waals surface area contributed by atoms with E-state index in [0.29, 0.717) is 12.8 Å². The van der Waals surface area contributed by atoms with Crippen molar-refractivity contribution in [3.63, 3.8) is 0 Å². The molecule has 0 spiro atoms. The molecule has 0 aromatic rings. The summed E-state index contributed by atoms with van der Waals surface area (Å²) in [7, 11) is 0. The Kier molecular flexibility index (Phi) is 60.1. The van der Waals surface area contributed by atoms with Crippen LogP contribution in [0.15, 0.2) is 24.3 Å². The van der Waals surface area contributed by atoms with Crippen molar-refractivity contribution in [2.75, 3.05) is 19.8 Å². The Bertz CT molecular complexity index is 1650. The predicted molar refractivity (Wildman–Crippen MR) is 383 cm³/mol. The molecule has 2 rings (SSSR count). The van der Waals surface area contributed by atoms with E-state index in [0.717, 1.165) is 32.1 Å². The summed E-state index contributed by atoms with van der Waals surface area (Å²) in [5, 5.41) is 87.6. The third kappa shape index (κ3) is 47.2. The summed E-state index contributed by atoms with van der Waals surface area (Å²) in [5.41, 5.74) is 0. The van der Waals surface area contributed by atoms with Gasteiger partial charge >= 0.3 is 0 Å². The van der Waals surface area contributed by atoms with E-state index >= 15 is 0 Å². The first kappa shape index (κ1) is 87.6. The van der Waals surface area contributed by atoms with E-state index in [9.17, 15) is 45.6 Å². The fraction of sp³-hybridized carbons (Fsp3) is 0.937. The highest BCUT2D eigenvalue weighted by Gasteiger charge is 2.51. The quantitative estimate of drug-likeness (QED) is 0.0204. The molecular formula is C79H151NO13. The molecule has 12 atom stereocenters. The van der Waals surface area contributed by atoms with E-state index in [2.05, 4.69) is 31.3 Å². The van der Waals surface area contributed by atoms with Gasteiger partial charge in [-0.3, -0.25) is 4.79 Å². The molecule has 14 nitrogen and oxygen atoms in total. The van der Waals surface area contributed by atoms with E-state index in [1.54, 1.807) is 6.08 Å². The maximum Gasteiger partial charge on any atom is 0.220 e. The Labute approximate surface area is 570 Å². The fourth-order valence-corrected chi connectivity index (χ4v) is 13.6. The number of aliphatic hydroxyl groups is 8. The van der Waals surface area contributed by atoms with Crippen LogP contribution in [0.2, 0.25) is 0 Å². The third-order valence-electron chi connectivity index (χ3n) is 19.9. The van der Waals surface area contributed by atoms with Crippen LogP contribution in [-0.4, -0.2) is 140 Å². The van der Waals surface area contributed by atoms with Crippen LogP contribution in [0.4, 0.5) is 0 Å². The lowest BCUT2D eigenvalue weighted by Crippen LogP contribution is -2.65. The van der Waals surface area contributed by atoms with E-state index in [4.69, 9.17) is 18.9 Å². The lowest BCUT2D eigenvalue weighted by molar-refractivity contribution is -0.359. The zero-order valence-electron chi connectivity index (χ0n) is 60.3. The molecule has 2 heterocycles. The molecule has 550 valence electrons. The van der Waals surface area contributed by atoms with Gasteiger partial charge in [-0.25, -0.2) is 0 Å². The number of carbonyl (C=O) groups excluding carboxylic acids is 1. The van der Waals surface area contributed by atoms with Crippen LogP contribution in [0.5, 0.6) is 0 Å². The summed E-state index contributed by atoms with van der Waals surface area (Å²) < 4.78 is 22.9. The average molecular weight is 1320 g/mol. The van der Waals surface area contributed by atoms with Crippen LogP contribution >= 0.6 is 0 Å². The van der Waals surface area contributed by atoms with Crippen LogP contribution in [-0.2, 0) is 23.7 Å². The summed E-state index contributed by atoms with van der Waals surface area (Å²) in [4.78, 5) is 13.4. The van der Waals surface area contributed by atoms with Crippen LogP contribution in [0.25, 0.3) is 0 Å². The first-order valence-corrected chi connectivity index (χ1v) is 40.1. The minimum Gasteiger partial charge on any atom is -0.394 e. The zero-order chi connectivity index (χ0) is 67.3. The molecule has 0 bridgehead atoms. The van der Waals surface area contributed by atoms with Gasteiger partial charge < -0.3 is 65.1 Å². The van der Waals surface area contributed by atoms with Gasteiger partial charge in [0.1, 0.15) is 48.8 Å². The molecule has 2 aliphatic heterocycles. The third-order valence-corrected chi connectivity index (χ3v) is 19.9. The van der Waals surface area contributed by atoms with Gasteiger partial charge in [-0.05, 0) is 32.1 Å². The summed E-state index contributed by atoms with van der Waals surface area (Å²) in [6, 6.07) is -0.930. The highest BCUT2D eigenvalue weighted by molar-refractivity contribution is 5.76. The molecule has 12 unspecified atom stereocenters. The molecular weight excluding hydrogens is 1170 g/mol. The molecule has 0 aromatic carbocycles. The summed E-state index contributed by atoms with van der Waals surface area (Å²) >= 11 is 0. The van der Waals surface area contributed by atoms with Crippen molar-refractivity contribution in [3.05, 3.63) is 24.3 Å². The summed E-state index contributed by atoms with van der Waals surface area (Å²) in [5.74, 6) is -0.240. The monoisotopic (exact) mass is 1320 g/mol. The number of aliphatic hydroxyl groups excluding tert-OH is 8. The molecule has 0 aliphatic carbocycles. The van der Waals surface area contributed by atoms with Crippen molar-refractivity contribution >= 4 is 5.91 Å². The van der Waals surface area contributed by atoms with Gasteiger partial charge in [-0.15, -0.1) is 0 Å². The molecule has 2 aliphatic rings. The Morgan fingerprint density at radius 3 is 1.05 bits per heavy atom. The zero-order valence-corrected chi connectivity index (χ0v) is 60.3. The Morgan fingerprint density at radius 2 is 0.688 bits per heavy atom. The number of hydrogen-bond acceptors (Lipinski definition) is 13. The van der Waals surface area contributed by atoms with Crippen molar-refractivity contribution in [1.29, 1.82) is 0 Å². The Balaban J connectivity index is 1.63. The number of rotatable bonds is 68. The number of unbranched alkanes of at least 4 members (excludes halogenated alkanes) is 53. The largest absolute Gasteiger partial charge is 0.394 e. The van der Waals surface area contributed by atoms with Gasteiger partial charge in [0.15, 0.2) is 12.6 Å². The smallest absolute Gasteiger partial charge is 0.220 e. The number of hydrogen-bond donors (Lipinski definition) is 9. The minimum absolute atomic E-state index is 0.240. The highest BCUT2D eigenvalue weighted by Crippen LogP contribution is 2.30. The van der Waals surface area contributed by atoms with Crippen molar-refractivity contribution in [3.8, 4) is 0 Å². The van der Waals surface area contributed by atoms with E-state index < -0.39 is 86.8 Å². The topological polar surface area (TPSA) is 228 Å². The standard InChI is InChI=1S/C79H151NO13/c1-3-5-7-9-11-13-15-17-19-21-23-25-27-29-31-33-34-35-37-39-41-43-45-47-49-51-53-55-57-59-61-63-71(84)80-67(66-90-78-76(89)74(87)77(70(65-82)92-78)93-79-75(88)73(86)72(85)69(64-81)91-79)68(83)62-60-58-56-54-52-50-48-46-44-42-40-38-36-32-30-28-26-24-22-20-18-16-14-12-10-8-6-4-2/h52,54,60,62,67-70,72-79,81-83,85-89H,3-51,53,55-59,61,63-66H2,1-2H3,(H,80,84)/b54-52+,62-60+. The van der Waals surface area contributed by atoms with Crippen LogP contribution in [0, 0.1) is 0 Å². The van der Waals surface area contributed by atoms with Gasteiger partial charge in [0, 0.05) is 6.42 Å². The van der Waals surface area contributed by atoms with Gasteiger partial charge in [-0.2, -0.15) is 0 Å². The molecule has 0 saturated carbocycles. The lowest BCUT2D eigenvalue weighted by atomic mass is 9.97. The summed E-state index contributed by atoms with van der Waals surface area (Å²) in [6.45, 7) is 2.86. The molecule has 9 N–H and O–H groups in total. The van der Waals surface area contributed by atoms with Crippen LogP contribution in [0.3, 0.4) is 0 Å². The second-order valence-corrected chi connectivity index (χ2v) is 28.5. The molecule has 0 radical (unpaired) electrons. The predicted octanol–water partition coefficient (Wildman–Crippen LogP) is 17.9. The molecule has 2 saturated heterocycles. The van der Waals surface area contributed by atoms with Crippen LogP contribution in [0.1, 0.15) is 380 Å². The Morgan fingerprint density at radius 1 is 0.376 bits per heavy atom. The molecule has 93 heavy (non-hydrogen) atoms. The number of carbonyl (C=O) groups is 1. The summed E-state index contributed by atoms with van der Waals surface area (Å²) in [6.07, 6.45) is 65.6. The van der Waals surface area contributed by atoms with Gasteiger partial charge in [0.05, 0.1) is 32.0 Å². The van der Waals surface area contributed by atoms with Crippen molar-refractivity contribution in [2.45, 2.75) is 453 Å². The van der Waals surface area contributed by atoms with E-state index in [-0.39, 0.29) is 18.9 Å². The van der Waals surface area contributed by atoms with Crippen molar-refractivity contribution < 1.29 is 64.6 Å². The highest BCUT2D eigenvalue weighted by atomic mass is 16.7. The number of amides is 1. The van der Waals surface area contributed by atoms with E-state index in [1.165, 1.54) is 315 Å². The Hall–Kier alpha value is -1.53. The normalized spacial score (nSPS) is 22.6. The molecule has 14 heteroatoms. The maximum absolute atomic E-state index is 13.4. The average Bonchev–Trinajstić information content (AvgIpc) is 0.846. The molecule has 0 aromatic heterocycles. The van der Waals surface area contributed by atoms with Crippen molar-refractivity contribution in [1.82, 2.24) is 5.32 Å². The first-order valence-electron chi connectivity index (χ1n) is 40.1. The van der Waals surface area contributed by atoms with Gasteiger partial charge in [-0.1, -0.05) is 366 Å². The SMILES string of the molecule is CCCCCCCCCCCCCCCCCCCCCCCC/C=C/CC/C=C/C(O)C(COC1OC(CO)C(OC2OC(CO)C(O)C(O)C2O)C(O)C1O)NC(=O)CCCCCCCCCCCCCCCCCCCCCCCCCCCCCCCCC. The number of allylic oxidation sites excluding steroid dienone is 3.